The van der Waals surface area contributed by atoms with E-state index < -0.39 is 5.63 Å². The fourth-order valence-electron chi connectivity index (χ4n) is 1.83. The SMILES string of the molecule is Cc1cc(-c2cc3ccc(O)cc3oc2=O)n[nH]1. The molecule has 3 rings (SSSR count). The third kappa shape index (κ3) is 1.66. The van der Waals surface area contributed by atoms with Crippen molar-refractivity contribution in [3.63, 3.8) is 0 Å². The van der Waals surface area contributed by atoms with Crippen LogP contribution in [0.4, 0.5) is 0 Å². The summed E-state index contributed by atoms with van der Waals surface area (Å²) in [5.41, 5.74) is 1.71. The summed E-state index contributed by atoms with van der Waals surface area (Å²) in [6.45, 7) is 1.86. The van der Waals surface area contributed by atoms with Gasteiger partial charge in [0, 0.05) is 17.1 Å². The minimum atomic E-state index is -0.473. The van der Waals surface area contributed by atoms with Crippen molar-refractivity contribution in [2.24, 2.45) is 0 Å². The molecule has 0 saturated heterocycles. The van der Waals surface area contributed by atoms with E-state index in [1.165, 1.54) is 6.07 Å². The van der Waals surface area contributed by atoms with E-state index in [2.05, 4.69) is 10.2 Å². The van der Waals surface area contributed by atoms with Crippen LogP contribution in [0.3, 0.4) is 0 Å². The molecule has 0 atom stereocenters. The number of hydrogen-bond donors (Lipinski definition) is 2. The Labute approximate surface area is 102 Å². The zero-order chi connectivity index (χ0) is 12.7. The summed E-state index contributed by atoms with van der Waals surface area (Å²) in [5.74, 6) is 0.0639. The van der Waals surface area contributed by atoms with Crippen molar-refractivity contribution in [2.75, 3.05) is 0 Å². The summed E-state index contributed by atoms with van der Waals surface area (Å²) in [6, 6.07) is 8.13. The summed E-state index contributed by atoms with van der Waals surface area (Å²) in [5, 5.41) is 16.9. The van der Waals surface area contributed by atoms with Gasteiger partial charge >= 0.3 is 5.63 Å². The number of aromatic nitrogens is 2. The standard InChI is InChI=1S/C13H10N2O3/c1-7-4-11(15-14-7)10-5-8-2-3-9(16)6-12(8)18-13(10)17/h2-6,16H,1H3,(H,14,15). The second-order valence-corrected chi connectivity index (χ2v) is 4.11. The van der Waals surface area contributed by atoms with Gasteiger partial charge in [-0.25, -0.2) is 4.79 Å². The second-order valence-electron chi connectivity index (χ2n) is 4.11. The quantitative estimate of drug-likeness (QED) is 0.641. The Bertz CT molecular complexity index is 786. The first-order chi connectivity index (χ1) is 8.63. The van der Waals surface area contributed by atoms with Crippen LogP contribution in [0.15, 0.2) is 39.5 Å². The van der Waals surface area contributed by atoms with E-state index in [1.54, 1.807) is 24.3 Å². The molecule has 0 aliphatic carbocycles. The van der Waals surface area contributed by atoms with Crippen molar-refractivity contribution in [3.05, 3.63) is 46.4 Å². The molecule has 1 aromatic carbocycles. The van der Waals surface area contributed by atoms with Crippen LogP contribution < -0.4 is 5.63 Å². The number of aromatic amines is 1. The Kier molecular flexibility index (Phi) is 2.19. The number of phenols is 1. The Morgan fingerprint density at radius 1 is 1.28 bits per heavy atom. The average Bonchev–Trinajstić information content (AvgIpc) is 2.74. The molecule has 0 amide bonds. The van der Waals surface area contributed by atoms with E-state index in [9.17, 15) is 9.90 Å². The predicted molar refractivity (Wildman–Crippen MR) is 66.5 cm³/mol. The van der Waals surface area contributed by atoms with Gasteiger partial charge in [0.05, 0.1) is 11.3 Å². The average molecular weight is 242 g/mol. The molecule has 0 aliphatic rings. The molecule has 3 aromatic rings. The van der Waals surface area contributed by atoms with Crippen molar-refractivity contribution in [1.29, 1.82) is 0 Å². The number of fused-ring (bicyclic) bond motifs is 1. The van der Waals surface area contributed by atoms with E-state index in [-0.39, 0.29) is 5.75 Å². The molecular formula is C13H10N2O3. The van der Waals surface area contributed by atoms with Crippen molar-refractivity contribution >= 4 is 11.0 Å². The van der Waals surface area contributed by atoms with Gasteiger partial charge in [-0.05, 0) is 31.2 Å². The number of rotatable bonds is 1. The lowest BCUT2D eigenvalue weighted by atomic mass is 10.1. The number of hydrogen-bond acceptors (Lipinski definition) is 4. The maximum Gasteiger partial charge on any atom is 0.345 e. The van der Waals surface area contributed by atoms with E-state index in [0.717, 1.165) is 11.1 Å². The van der Waals surface area contributed by atoms with Crippen molar-refractivity contribution in [1.82, 2.24) is 10.2 Å². The number of H-pyrrole nitrogens is 1. The third-order valence-electron chi connectivity index (χ3n) is 2.70. The molecule has 0 aliphatic heterocycles. The lowest BCUT2D eigenvalue weighted by molar-refractivity contribution is 0.473. The maximum absolute atomic E-state index is 11.9. The zero-order valence-corrected chi connectivity index (χ0v) is 9.60. The van der Waals surface area contributed by atoms with Crippen LogP contribution in [0, 0.1) is 6.92 Å². The van der Waals surface area contributed by atoms with Gasteiger partial charge in [0.25, 0.3) is 0 Å². The molecule has 0 saturated carbocycles. The van der Waals surface area contributed by atoms with Gasteiger partial charge in [0.2, 0.25) is 0 Å². The number of nitrogens with zero attached hydrogens (tertiary/aromatic N) is 1. The second kappa shape index (κ2) is 3.73. The first-order valence-electron chi connectivity index (χ1n) is 5.43. The Hall–Kier alpha value is -2.56. The van der Waals surface area contributed by atoms with Gasteiger partial charge in [0.1, 0.15) is 11.3 Å². The molecule has 0 unspecified atom stereocenters. The highest BCUT2D eigenvalue weighted by atomic mass is 16.4. The monoisotopic (exact) mass is 242 g/mol. The van der Waals surface area contributed by atoms with E-state index in [1.807, 2.05) is 6.92 Å². The minimum absolute atomic E-state index is 0.0639. The Morgan fingerprint density at radius 3 is 2.83 bits per heavy atom. The highest BCUT2D eigenvalue weighted by Gasteiger charge is 2.10. The number of nitrogens with one attached hydrogen (secondary N) is 1. The fourth-order valence-corrected chi connectivity index (χ4v) is 1.83. The molecule has 2 aromatic heterocycles. The number of benzene rings is 1. The zero-order valence-electron chi connectivity index (χ0n) is 9.60. The van der Waals surface area contributed by atoms with Crippen molar-refractivity contribution in [2.45, 2.75) is 6.92 Å². The molecule has 0 spiro atoms. The van der Waals surface area contributed by atoms with Gasteiger partial charge < -0.3 is 9.52 Å². The van der Waals surface area contributed by atoms with Crippen LogP contribution in [-0.2, 0) is 0 Å². The lowest BCUT2D eigenvalue weighted by Crippen LogP contribution is -2.02. The largest absolute Gasteiger partial charge is 0.508 e. The molecular weight excluding hydrogens is 232 g/mol. The minimum Gasteiger partial charge on any atom is -0.508 e. The van der Waals surface area contributed by atoms with Crippen LogP contribution in [0.1, 0.15) is 5.69 Å². The molecule has 2 heterocycles. The number of aromatic hydroxyl groups is 1. The van der Waals surface area contributed by atoms with Crippen LogP contribution in [0.5, 0.6) is 5.75 Å². The Morgan fingerprint density at radius 2 is 2.11 bits per heavy atom. The summed E-state index contributed by atoms with van der Waals surface area (Å²) < 4.78 is 5.17. The number of phenolic OH excluding ortho intramolecular Hbond substituents is 1. The first-order valence-corrected chi connectivity index (χ1v) is 5.43. The number of aryl methyl sites for hydroxylation is 1. The molecule has 0 fully saturated rings. The van der Waals surface area contributed by atoms with E-state index in [4.69, 9.17) is 4.42 Å². The van der Waals surface area contributed by atoms with Crippen LogP contribution in [-0.4, -0.2) is 15.3 Å². The topological polar surface area (TPSA) is 79.1 Å². The molecule has 0 radical (unpaired) electrons. The maximum atomic E-state index is 11.9. The van der Waals surface area contributed by atoms with Crippen LogP contribution >= 0.6 is 0 Å². The normalized spacial score (nSPS) is 10.9. The smallest absolute Gasteiger partial charge is 0.345 e. The first kappa shape index (κ1) is 10.6. The van der Waals surface area contributed by atoms with Gasteiger partial charge in [-0.1, -0.05) is 0 Å². The van der Waals surface area contributed by atoms with Crippen molar-refractivity contribution in [3.8, 4) is 17.0 Å². The van der Waals surface area contributed by atoms with Gasteiger partial charge in [-0.2, -0.15) is 5.10 Å². The molecule has 90 valence electrons. The van der Waals surface area contributed by atoms with Crippen LogP contribution in [0.25, 0.3) is 22.2 Å². The van der Waals surface area contributed by atoms with Crippen molar-refractivity contribution < 1.29 is 9.52 Å². The van der Waals surface area contributed by atoms with Crippen LogP contribution in [0.2, 0.25) is 0 Å². The fraction of sp³-hybridized carbons (Fsp3) is 0.0769. The summed E-state index contributed by atoms with van der Waals surface area (Å²) in [7, 11) is 0. The van der Waals surface area contributed by atoms with E-state index in [0.29, 0.717) is 16.8 Å². The van der Waals surface area contributed by atoms with Gasteiger partial charge in [0.15, 0.2) is 0 Å². The molecule has 5 nitrogen and oxygen atoms in total. The summed E-state index contributed by atoms with van der Waals surface area (Å²) >= 11 is 0. The highest BCUT2D eigenvalue weighted by molar-refractivity contribution is 5.82. The summed E-state index contributed by atoms with van der Waals surface area (Å²) in [4.78, 5) is 11.9. The highest BCUT2D eigenvalue weighted by Crippen LogP contribution is 2.22. The predicted octanol–water partition coefficient (Wildman–Crippen LogP) is 2.20. The third-order valence-corrected chi connectivity index (χ3v) is 2.70. The Balaban J connectivity index is 2.28. The molecule has 2 N–H and O–H groups in total. The molecule has 0 bridgehead atoms. The molecule has 18 heavy (non-hydrogen) atoms. The van der Waals surface area contributed by atoms with Gasteiger partial charge in [-0.3, -0.25) is 5.10 Å². The summed E-state index contributed by atoms with van der Waals surface area (Å²) in [6.07, 6.45) is 0. The van der Waals surface area contributed by atoms with Gasteiger partial charge in [-0.15, -0.1) is 0 Å². The molecule has 5 heteroatoms. The van der Waals surface area contributed by atoms with E-state index >= 15 is 0 Å². The lowest BCUT2D eigenvalue weighted by Gasteiger charge is -2.00.